The Morgan fingerprint density at radius 2 is 2.07 bits per heavy atom. The Bertz CT molecular complexity index is 780. The number of benzene rings is 1. The first-order chi connectivity index (χ1) is 13.0. The molecule has 1 aromatic carbocycles. The Hall–Kier alpha value is -3.09. The maximum Gasteiger partial charge on any atom is 0.321 e. The average Bonchev–Trinajstić information content (AvgIpc) is 3.03. The summed E-state index contributed by atoms with van der Waals surface area (Å²) in [7, 11) is 1.74. The molecular weight excluding hydrogens is 344 g/mol. The molecule has 0 saturated carbocycles. The summed E-state index contributed by atoms with van der Waals surface area (Å²) in [5.74, 6) is 1.67. The van der Waals surface area contributed by atoms with Gasteiger partial charge in [-0.05, 0) is 43.3 Å². The van der Waals surface area contributed by atoms with E-state index in [9.17, 15) is 9.59 Å². The van der Waals surface area contributed by atoms with Crippen LogP contribution >= 0.6 is 0 Å². The summed E-state index contributed by atoms with van der Waals surface area (Å²) in [6.45, 7) is 3.96. The molecule has 2 heterocycles. The molecule has 2 aromatic rings. The van der Waals surface area contributed by atoms with Crippen molar-refractivity contribution in [1.29, 1.82) is 0 Å². The number of nitrogens with zero attached hydrogens (tertiary/aromatic N) is 3. The minimum Gasteiger partial charge on any atom is -0.456 e. The van der Waals surface area contributed by atoms with Crippen LogP contribution in [0, 0.1) is 5.92 Å². The average molecular weight is 368 g/mol. The Morgan fingerprint density at radius 1 is 1.30 bits per heavy atom. The van der Waals surface area contributed by atoms with Crippen molar-refractivity contribution < 1.29 is 14.3 Å². The highest BCUT2D eigenvalue weighted by Crippen LogP contribution is 2.22. The van der Waals surface area contributed by atoms with Crippen LogP contribution < -0.4 is 10.1 Å². The molecule has 0 bridgehead atoms. The van der Waals surface area contributed by atoms with E-state index in [4.69, 9.17) is 4.74 Å². The maximum atomic E-state index is 12.4. The fraction of sp³-hybridized carbons (Fsp3) is 0.350. The second kappa shape index (κ2) is 8.53. The van der Waals surface area contributed by atoms with Gasteiger partial charge in [0.1, 0.15) is 11.5 Å². The van der Waals surface area contributed by atoms with Gasteiger partial charge in [-0.2, -0.15) is 0 Å². The van der Waals surface area contributed by atoms with Gasteiger partial charge in [0.2, 0.25) is 5.91 Å². The highest BCUT2D eigenvalue weighted by molar-refractivity contribution is 5.89. The molecule has 1 aromatic heterocycles. The van der Waals surface area contributed by atoms with Gasteiger partial charge in [0.05, 0.1) is 6.20 Å². The second-order valence-corrected chi connectivity index (χ2v) is 6.63. The lowest BCUT2D eigenvalue weighted by Gasteiger charge is -2.21. The first-order valence-electron chi connectivity index (χ1n) is 9.03. The lowest BCUT2D eigenvalue weighted by Crippen LogP contribution is -2.36. The molecule has 1 N–H and O–H groups in total. The summed E-state index contributed by atoms with van der Waals surface area (Å²) in [4.78, 5) is 31.7. The number of carbonyl (C=O) groups excluding carboxylic acids is 2. The normalized spacial score (nSPS) is 16.3. The van der Waals surface area contributed by atoms with Crippen LogP contribution in [0.3, 0.4) is 0 Å². The third-order valence-corrected chi connectivity index (χ3v) is 4.53. The minimum absolute atomic E-state index is 0.167. The molecule has 7 heteroatoms. The lowest BCUT2D eigenvalue weighted by atomic mass is 10.1. The molecule has 1 atom stereocenters. The monoisotopic (exact) mass is 368 g/mol. The number of anilines is 1. The summed E-state index contributed by atoms with van der Waals surface area (Å²) < 4.78 is 5.68. The number of carbonyl (C=O) groups is 2. The Kier molecular flexibility index (Phi) is 5.90. The van der Waals surface area contributed by atoms with E-state index in [0.717, 1.165) is 6.54 Å². The number of urea groups is 1. The van der Waals surface area contributed by atoms with Crippen LogP contribution in [0.25, 0.3) is 0 Å². The number of likely N-dealkylation sites (tertiary alicyclic amines) is 1. The van der Waals surface area contributed by atoms with Crippen LogP contribution in [0.15, 0.2) is 48.8 Å². The van der Waals surface area contributed by atoms with E-state index in [1.54, 1.807) is 54.7 Å². The molecule has 1 saturated heterocycles. The lowest BCUT2D eigenvalue weighted by molar-refractivity contribution is -0.127. The van der Waals surface area contributed by atoms with Gasteiger partial charge in [-0.15, -0.1) is 0 Å². The number of pyridine rings is 1. The van der Waals surface area contributed by atoms with Crippen molar-refractivity contribution in [2.45, 2.75) is 13.3 Å². The Morgan fingerprint density at radius 3 is 2.70 bits per heavy atom. The molecule has 1 fully saturated rings. The van der Waals surface area contributed by atoms with Crippen molar-refractivity contribution in [1.82, 2.24) is 14.8 Å². The van der Waals surface area contributed by atoms with Gasteiger partial charge in [-0.25, -0.2) is 4.79 Å². The molecular formula is C20H24N4O3. The predicted octanol–water partition coefficient (Wildman–Crippen LogP) is 3.21. The van der Waals surface area contributed by atoms with E-state index in [2.05, 4.69) is 10.3 Å². The molecule has 1 aliphatic rings. The van der Waals surface area contributed by atoms with Gasteiger partial charge < -0.3 is 19.9 Å². The van der Waals surface area contributed by atoms with Crippen LogP contribution in [-0.2, 0) is 4.79 Å². The van der Waals surface area contributed by atoms with Crippen molar-refractivity contribution in [3.05, 3.63) is 48.8 Å². The molecule has 27 heavy (non-hydrogen) atoms. The first kappa shape index (κ1) is 18.7. The van der Waals surface area contributed by atoms with Gasteiger partial charge in [-0.1, -0.05) is 0 Å². The number of hydrogen-bond acceptors (Lipinski definition) is 4. The smallest absolute Gasteiger partial charge is 0.321 e. The zero-order valence-corrected chi connectivity index (χ0v) is 15.6. The fourth-order valence-corrected chi connectivity index (χ4v) is 3.12. The Balaban J connectivity index is 1.50. The molecule has 0 aliphatic carbocycles. The van der Waals surface area contributed by atoms with Crippen LogP contribution in [0.4, 0.5) is 10.5 Å². The highest BCUT2D eigenvalue weighted by atomic mass is 16.5. The predicted molar refractivity (Wildman–Crippen MR) is 103 cm³/mol. The van der Waals surface area contributed by atoms with Gasteiger partial charge in [0.15, 0.2) is 0 Å². The summed E-state index contributed by atoms with van der Waals surface area (Å²) in [5.41, 5.74) is 0.683. The number of amides is 3. The zero-order chi connectivity index (χ0) is 19.2. The minimum atomic E-state index is -0.196. The molecule has 0 spiro atoms. The Labute approximate surface area is 158 Å². The van der Waals surface area contributed by atoms with E-state index in [-0.39, 0.29) is 17.9 Å². The van der Waals surface area contributed by atoms with Crippen molar-refractivity contribution in [2.24, 2.45) is 5.92 Å². The van der Waals surface area contributed by atoms with Crippen molar-refractivity contribution >= 4 is 17.6 Å². The van der Waals surface area contributed by atoms with E-state index < -0.39 is 0 Å². The number of ether oxygens (including phenoxy) is 1. The van der Waals surface area contributed by atoms with E-state index >= 15 is 0 Å². The number of rotatable bonds is 6. The van der Waals surface area contributed by atoms with E-state index in [1.165, 1.54) is 0 Å². The topological polar surface area (TPSA) is 74.8 Å². The molecule has 142 valence electrons. The van der Waals surface area contributed by atoms with Crippen LogP contribution in [0.1, 0.15) is 13.3 Å². The SMILES string of the molecule is CCN1CC(CN(C)C(=O)Nc2ccc(Oc3cccnc3)cc2)CC1=O. The second-order valence-electron chi connectivity index (χ2n) is 6.63. The molecule has 3 amide bonds. The van der Waals surface area contributed by atoms with Gasteiger partial charge in [-0.3, -0.25) is 9.78 Å². The summed E-state index contributed by atoms with van der Waals surface area (Å²) in [5, 5.41) is 2.86. The molecule has 7 nitrogen and oxygen atoms in total. The summed E-state index contributed by atoms with van der Waals surface area (Å²) in [6, 6.07) is 10.6. The number of hydrogen-bond donors (Lipinski definition) is 1. The van der Waals surface area contributed by atoms with Crippen molar-refractivity contribution in [3.8, 4) is 11.5 Å². The summed E-state index contributed by atoms with van der Waals surface area (Å²) >= 11 is 0. The van der Waals surface area contributed by atoms with Crippen LogP contribution in [0.5, 0.6) is 11.5 Å². The maximum absolute atomic E-state index is 12.4. The first-order valence-corrected chi connectivity index (χ1v) is 9.03. The highest BCUT2D eigenvalue weighted by Gasteiger charge is 2.29. The number of nitrogens with one attached hydrogen (secondary N) is 1. The molecule has 1 aliphatic heterocycles. The quantitative estimate of drug-likeness (QED) is 0.850. The van der Waals surface area contributed by atoms with E-state index in [0.29, 0.717) is 36.7 Å². The molecule has 3 rings (SSSR count). The zero-order valence-electron chi connectivity index (χ0n) is 15.6. The summed E-state index contributed by atoms with van der Waals surface area (Å²) in [6.07, 6.45) is 3.83. The van der Waals surface area contributed by atoms with Gasteiger partial charge >= 0.3 is 6.03 Å². The van der Waals surface area contributed by atoms with Crippen LogP contribution in [0.2, 0.25) is 0 Å². The number of aromatic nitrogens is 1. The van der Waals surface area contributed by atoms with E-state index in [1.807, 2.05) is 17.9 Å². The molecule has 1 unspecified atom stereocenters. The van der Waals surface area contributed by atoms with Gasteiger partial charge in [0, 0.05) is 50.9 Å². The third kappa shape index (κ3) is 4.97. The largest absolute Gasteiger partial charge is 0.456 e. The van der Waals surface area contributed by atoms with Gasteiger partial charge in [0.25, 0.3) is 0 Å². The van der Waals surface area contributed by atoms with Crippen LogP contribution in [-0.4, -0.2) is 53.4 Å². The fourth-order valence-electron chi connectivity index (χ4n) is 3.12. The van der Waals surface area contributed by atoms with Crippen molar-refractivity contribution in [2.75, 3.05) is 32.0 Å². The molecule has 0 radical (unpaired) electrons. The van der Waals surface area contributed by atoms with Crippen molar-refractivity contribution in [3.63, 3.8) is 0 Å². The standard InChI is InChI=1S/C20H24N4O3/c1-3-24-14-15(11-19(24)25)13-23(2)20(26)22-16-6-8-17(9-7-16)27-18-5-4-10-21-12-18/h4-10,12,15H,3,11,13-14H2,1-2H3,(H,22,26). The third-order valence-electron chi connectivity index (χ3n) is 4.53.